The number of carbonyl (C=O) groups excluding carboxylic acids is 5. The lowest BCUT2D eigenvalue weighted by Gasteiger charge is -2.55. The van der Waals surface area contributed by atoms with E-state index in [1.165, 1.54) is 45.0 Å². The van der Waals surface area contributed by atoms with E-state index in [1.807, 2.05) is 31.2 Å². The monoisotopic (exact) mass is 828 g/mol. The second-order valence-electron chi connectivity index (χ2n) is 15.0. The quantitative estimate of drug-likeness (QED) is 0.0871. The highest BCUT2D eigenvalue weighted by atomic mass is 16.7. The molecule has 6 rings (SSSR count). The summed E-state index contributed by atoms with van der Waals surface area (Å²) in [7, 11) is 0. The van der Waals surface area contributed by atoms with Gasteiger partial charge in [-0.1, -0.05) is 97.9 Å². The van der Waals surface area contributed by atoms with Crippen LogP contribution >= 0.6 is 0 Å². The minimum atomic E-state index is -2.76. The summed E-state index contributed by atoms with van der Waals surface area (Å²) in [6, 6.07) is 36.9. The van der Waals surface area contributed by atoms with Gasteiger partial charge in [-0.15, -0.1) is 0 Å². The Labute approximate surface area is 354 Å². The third-order valence-electron chi connectivity index (χ3n) is 10.5. The van der Waals surface area contributed by atoms with E-state index in [9.17, 15) is 29.1 Å². The molecule has 6 atom stereocenters. The number of aryl methyl sites for hydroxylation is 1. The lowest BCUT2D eigenvalue weighted by atomic mass is 9.76. The normalized spacial score (nSPS) is 21.3. The molecule has 0 aliphatic carbocycles. The first-order chi connectivity index (χ1) is 29.2. The minimum absolute atomic E-state index is 0.0415. The number of benzene rings is 5. The van der Waals surface area contributed by atoms with E-state index in [1.54, 1.807) is 84.9 Å². The maximum atomic E-state index is 14.2. The molecule has 0 unspecified atom stereocenters. The second kappa shape index (κ2) is 19.2. The van der Waals surface area contributed by atoms with Crippen molar-refractivity contribution in [2.45, 2.75) is 89.9 Å². The number of carbonyl (C=O) groups is 5. The maximum Gasteiger partial charge on any atom is 0.338 e. The number of esters is 5. The Morgan fingerprint density at radius 2 is 1.15 bits per heavy atom. The van der Waals surface area contributed by atoms with Crippen LogP contribution < -0.4 is 0 Å². The number of hydrogen-bond acceptors (Lipinski definition) is 12. The fourth-order valence-electron chi connectivity index (χ4n) is 7.46. The van der Waals surface area contributed by atoms with Gasteiger partial charge in [0.05, 0.1) is 16.7 Å². The summed E-state index contributed by atoms with van der Waals surface area (Å²) >= 11 is 0. The summed E-state index contributed by atoms with van der Waals surface area (Å²) in [4.78, 5) is 67.1. The van der Waals surface area contributed by atoms with E-state index >= 15 is 0 Å². The fraction of sp³-hybridized carbons (Fsp3) is 0.286. The largest absolute Gasteiger partial charge is 0.461 e. The number of rotatable bonds is 14. The fourth-order valence-corrected chi connectivity index (χ4v) is 7.46. The maximum absolute atomic E-state index is 14.2. The van der Waals surface area contributed by atoms with Gasteiger partial charge in [-0.25, -0.2) is 14.4 Å². The van der Waals surface area contributed by atoms with Crippen LogP contribution in [-0.4, -0.2) is 65.0 Å². The molecule has 5 aromatic carbocycles. The molecule has 316 valence electrons. The summed E-state index contributed by atoms with van der Waals surface area (Å²) in [5.74, 6) is -6.77. The van der Waals surface area contributed by atoms with Crippen LogP contribution in [0.4, 0.5) is 0 Å². The van der Waals surface area contributed by atoms with Gasteiger partial charge in [0.2, 0.25) is 11.9 Å². The van der Waals surface area contributed by atoms with Crippen molar-refractivity contribution in [3.63, 3.8) is 0 Å². The van der Waals surface area contributed by atoms with E-state index in [0.29, 0.717) is 11.1 Å². The Morgan fingerprint density at radius 1 is 0.656 bits per heavy atom. The number of hydrogen-bond donors (Lipinski definition) is 1. The van der Waals surface area contributed by atoms with Gasteiger partial charge < -0.3 is 33.5 Å². The molecule has 61 heavy (non-hydrogen) atoms. The molecule has 12 heteroatoms. The standard InChI is InChI=1S/C49H48O12/c1-6-34-22-24-35(25-23-34)28-40-27-26-36(30-56-32(3)50)29-41(40)49(55)44(59-47(54)39-20-14-9-15-21-39)43(58-46(53)38-18-12-8-13-19-38)48(5,60-33(4)51)42(61-49)31(2)57-45(52)37-16-10-7-11-17-37/h7-27,29,31,42-44,55H,6,28,30H2,1-5H3/t31-,42+,43+,44+,48+,49+/m0/s1. The molecule has 1 aliphatic rings. The molecule has 1 saturated heterocycles. The third kappa shape index (κ3) is 10.2. The van der Waals surface area contributed by atoms with Gasteiger partial charge >= 0.3 is 29.8 Å². The molecule has 0 aromatic heterocycles. The lowest BCUT2D eigenvalue weighted by molar-refractivity contribution is -0.382. The summed E-state index contributed by atoms with van der Waals surface area (Å²) in [5.41, 5.74) is 1.16. The van der Waals surface area contributed by atoms with Gasteiger partial charge in [0, 0.05) is 19.4 Å². The van der Waals surface area contributed by atoms with Gasteiger partial charge in [-0.3, -0.25) is 9.59 Å². The molecular formula is C49H48O12. The van der Waals surface area contributed by atoms with Crippen molar-refractivity contribution in [1.82, 2.24) is 0 Å². The minimum Gasteiger partial charge on any atom is -0.461 e. The second-order valence-corrected chi connectivity index (χ2v) is 15.0. The Bertz CT molecular complexity index is 2330. The Kier molecular flexibility index (Phi) is 13.8. The molecule has 0 spiro atoms. The first-order valence-electron chi connectivity index (χ1n) is 19.9. The predicted octanol–water partition coefficient (Wildman–Crippen LogP) is 7.47. The molecule has 0 saturated carbocycles. The zero-order valence-corrected chi connectivity index (χ0v) is 34.6. The van der Waals surface area contributed by atoms with Gasteiger partial charge in [-0.2, -0.15) is 0 Å². The highest BCUT2D eigenvalue weighted by molar-refractivity contribution is 5.91. The zero-order chi connectivity index (χ0) is 43.7. The van der Waals surface area contributed by atoms with Gasteiger partial charge in [0.1, 0.15) is 18.8 Å². The van der Waals surface area contributed by atoms with Crippen LogP contribution in [0.5, 0.6) is 0 Å². The number of ether oxygens (including phenoxy) is 6. The van der Waals surface area contributed by atoms with Crippen LogP contribution in [0.15, 0.2) is 133 Å². The topological polar surface area (TPSA) is 161 Å². The first-order valence-corrected chi connectivity index (χ1v) is 19.9. The van der Waals surface area contributed by atoms with Gasteiger partial charge in [0.15, 0.2) is 11.7 Å². The van der Waals surface area contributed by atoms with Crippen LogP contribution in [-0.2, 0) is 63.2 Å². The molecule has 1 fully saturated rings. The molecule has 1 heterocycles. The highest BCUT2D eigenvalue weighted by Crippen LogP contribution is 2.48. The molecule has 1 N–H and O–H groups in total. The van der Waals surface area contributed by atoms with Crippen LogP contribution in [0.3, 0.4) is 0 Å². The van der Waals surface area contributed by atoms with Crippen molar-refractivity contribution in [3.05, 3.63) is 178 Å². The third-order valence-corrected chi connectivity index (χ3v) is 10.5. The molecule has 0 amide bonds. The van der Waals surface area contributed by atoms with E-state index in [4.69, 9.17) is 28.4 Å². The summed E-state index contributed by atoms with van der Waals surface area (Å²) in [6.45, 7) is 7.10. The number of aliphatic hydroxyl groups is 1. The van der Waals surface area contributed by atoms with Crippen molar-refractivity contribution in [2.75, 3.05) is 0 Å². The highest BCUT2D eigenvalue weighted by Gasteiger charge is 2.68. The van der Waals surface area contributed by atoms with Gasteiger partial charge in [-0.05, 0) is 91.4 Å². The average Bonchev–Trinajstić information content (AvgIpc) is 3.26. The van der Waals surface area contributed by atoms with Crippen molar-refractivity contribution >= 4 is 29.8 Å². The van der Waals surface area contributed by atoms with Crippen molar-refractivity contribution in [3.8, 4) is 0 Å². The summed E-state index contributed by atoms with van der Waals surface area (Å²) in [5, 5.41) is 13.6. The van der Waals surface area contributed by atoms with Crippen molar-refractivity contribution < 1.29 is 57.5 Å². The zero-order valence-electron chi connectivity index (χ0n) is 34.6. The van der Waals surface area contributed by atoms with Crippen LogP contribution in [0, 0.1) is 0 Å². The van der Waals surface area contributed by atoms with Gasteiger partial charge in [0.25, 0.3) is 0 Å². The molecule has 5 aromatic rings. The molecule has 0 bridgehead atoms. The van der Waals surface area contributed by atoms with Crippen molar-refractivity contribution in [2.24, 2.45) is 0 Å². The predicted molar refractivity (Wildman–Crippen MR) is 222 cm³/mol. The van der Waals surface area contributed by atoms with E-state index in [-0.39, 0.29) is 35.3 Å². The summed E-state index contributed by atoms with van der Waals surface area (Å²) < 4.78 is 36.7. The molecule has 1 aliphatic heterocycles. The summed E-state index contributed by atoms with van der Waals surface area (Å²) in [6.07, 6.45) is -5.72. The SMILES string of the molecule is CCc1ccc(Cc2ccc(COC(C)=O)cc2[C@@]2(O)O[C@H]([C@H](C)OC(=O)c3ccccc3)[C@@](C)(OC(C)=O)[C@H](OC(=O)c3ccccc3)[C@H]2OC(=O)c2ccccc2)cc1. The molecule has 12 nitrogen and oxygen atoms in total. The van der Waals surface area contributed by atoms with Crippen LogP contribution in [0.2, 0.25) is 0 Å². The lowest BCUT2D eigenvalue weighted by Crippen LogP contribution is -2.73. The Hall–Kier alpha value is -6.63. The van der Waals surface area contributed by atoms with E-state index in [2.05, 4.69) is 0 Å². The molecule has 0 radical (unpaired) electrons. The average molecular weight is 829 g/mol. The first kappa shape index (κ1) is 43.9. The van der Waals surface area contributed by atoms with Crippen molar-refractivity contribution in [1.29, 1.82) is 0 Å². The Balaban J connectivity index is 1.60. The smallest absolute Gasteiger partial charge is 0.338 e. The molecular weight excluding hydrogens is 781 g/mol. The van der Waals surface area contributed by atoms with E-state index < -0.39 is 65.7 Å². The van der Waals surface area contributed by atoms with Crippen LogP contribution in [0.25, 0.3) is 0 Å². The van der Waals surface area contributed by atoms with Crippen LogP contribution in [0.1, 0.15) is 93.5 Å². The van der Waals surface area contributed by atoms with E-state index in [0.717, 1.165) is 24.5 Å². The Morgan fingerprint density at radius 3 is 1.66 bits per heavy atom.